The minimum absolute atomic E-state index is 0. The van der Waals surface area contributed by atoms with Crippen molar-refractivity contribution in [2.24, 2.45) is 10.7 Å². The third kappa shape index (κ3) is 7.77. The minimum Gasteiger partial charge on any atom is -0.374 e. The Morgan fingerprint density at radius 3 is 2.71 bits per heavy atom. The van der Waals surface area contributed by atoms with Crippen LogP contribution in [0.3, 0.4) is 0 Å². The molecule has 1 saturated heterocycles. The first kappa shape index (κ1) is 16.9. The minimum atomic E-state index is -0.0439. The number of morpholine rings is 1. The van der Waals surface area contributed by atoms with Crippen molar-refractivity contribution in [3.63, 3.8) is 0 Å². The Labute approximate surface area is 121 Å². The van der Waals surface area contributed by atoms with Gasteiger partial charge in [0.15, 0.2) is 5.96 Å². The van der Waals surface area contributed by atoms with E-state index in [1.165, 1.54) is 0 Å². The molecule has 5 nitrogen and oxygen atoms in total. The van der Waals surface area contributed by atoms with Crippen molar-refractivity contribution in [2.75, 3.05) is 33.3 Å². The molecule has 1 fully saturated rings. The molecule has 6 heteroatoms. The van der Waals surface area contributed by atoms with Crippen molar-refractivity contribution in [3.8, 4) is 0 Å². The lowest BCUT2D eigenvalue weighted by atomic mass is 10.1. The predicted molar refractivity (Wildman–Crippen MR) is 82.0 cm³/mol. The van der Waals surface area contributed by atoms with E-state index in [2.05, 4.69) is 43.0 Å². The lowest BCUT2D eigenvalue weighted by Crippen LogP contribution is -2.46. The van der Waals surface area contributed by atoms with Gasteiger partial charge in [0, 0.05) is 18.6 Å². The highest BCUT2D eigenvalue weighted by Gasteiger charge is 2.17. The average molecular weight is 356 g/mol. The molecule has 1 unspecified atom stereocenters. The summed E-state index contributed by atoms with van der Waals surface area (Å²) >= 11 is 0. The van der Waals surface area contributed by atoms with Crippen LogP contribution in [0.4, 0.5) is 0 Å². The number of likely N-dealkylation sites (N-methyl/N-ethyl adjacent to an activating group) is 1. The molecular weight excluding hydrogens is 331 g/mol. The van der Waals surface area contributed by atoms with E-state index in [-0.39, 0.29) is 35.6 Å². The van der Waals surface area contributed by atoms with Gasteiger partial charge in [0.1, 0.15) is 0 Å². The fourth-order valence-electron chi connectivity index (χ4n) is 1.60. The van der Waals surface area contributed by atoms with Gasteiger partial charge in [-0.2, -0.15) is 0 Å². The van der Waals surface area contributed by atoms with Crippen molar-refractivity contribution < 1.29 is 4.74 Å². The van der Waals surface area contributed by atoms with Crippen LogP contribution in [0.1, 0.15) is 20.8 Å². The second kappa shape index (κ2) is 7.38. The van der Waals surface area contributed by atoms with Crippen LogP contribution < -0.4 is 11.1 Å². The summed E-state index contributed by atoms with van der Waals surface area (Å²) in [6.45, 7) is 9.49. The molecule has 1 heterocycles. The number of nitrogens with zero attached hydrogens (tertiary/aromatic N) is 2. The van der Waals surface area contributed by atoms with Crippen molar-refractivity contribution in [1.29, 1.82) is 0 Å². The van der Waals surface area contributed by atoms with Gasteiger partial charge in [0.2, 0.25) is 0 Å². The van der Waals surface area contributed by atoms with E-state index in [4.69, 9.17) is 10.5 Å². The Kier molecular flexibility index (Phi) is 7.34. The lowest BCUT2D eigenvalue weighted by molar-refractivity contribution is -0.0136. The fraction of sp³-hybridized carbons (Fsp3) is 0.909. The Bertz CT molecular complexity index is 252. The standard InChI is InChI=1S/C11H24N4O.HI/c1-11(2,3)14-10(12)13-7-9-8-15(4)5-6-16-9;/h9H,5-8H2,1-4H3,(H3,12,13,14);1H. The summed E-state index contributed by atoms with van der Waals surface area (Å²) in [4.78, 5) is 6.55. The molecule has 0 aromatic carbocycles. The molecule has 0 aliphatic carbocycles. The van der Waals surface area contributed by atoms with E-state index in [0.717, 1.165) is 19.7 Å². The molecule has 0 spiro atoms. The second-order valence-corrected chi connectivity index (χ2v) is 5.36. The third-order valence-corrected chi connectivity index (χ3v) is 2.31. The zero-order valence-electron chi connectivity index (χ0n) is 11.2. The lowest BCUT2D eigenvalue weighted by Gasteiger charge is -2.29. The molecule has 0 aromatic heterocycles. The molecule has 0 radical (unpaired) electrons. The van der Waals surface area contributed by atoms with Crippen LogP contribution in [-0.2, 0) is 4.74 Å². The zero-order valence-corrected chi connectivity index (χ0v) is 13.5. The highest BCUT2D eigenvalue weighted by atomic mass is 127. The number of hydrogen-bond donors (Lipinski definition) is 2. The van der Waals surface area contributed by atoms with Gasteiger partial charge in [-0.15, -0.1) is 24.0 Å². The summed E-state index contributed by atoms with van der Waals surface area (Å²) in [5, 5.41) is 3.13. The number of nitrogens with two attached hydrogens (primary N) is 1. The number of aliphatic imine (C=N–C) groups is 1. The Morgan fingerprint density at radius 1 is 1.53 bits per heavy atom. The monoisotopic (exact) mass is 356 g/mol. The predicted octanol–water partition coefficient (Wildman–Crippen LogP) is 0.638. The van der Waals surface area contributed by atoms with Gasteiger partial charge in [-0.05, 0) is 27.8 Å². The SMILES string of the molecule is CN1CCOC(CN=C(N)NC(C)(C)C)C1.I. The van der Waals surface area contributed by atoms with Crippen molar-refractivity contribution in [2.45, 2.75) is 32.4 Å². The molecule has 1 rings (SSSR count). The van der Waals surface area contributed by atoms with E-state index in [0.29, 0.717) is 12.5 Å². The summed E-state index contributed by atoms with van der Waals surface area (Å²) < 4.78 is 5.60. The number of rotatable bonds is 2. The molecule has 3 N–H and O–H groups in total. The number of halogens is 1. The highest BCUT2D eigenvalue weighted by molar-refractivity contribution is 14.0. The van der Waals surface area contributed by atoms with Gasteiger partial charge >= 0.3 is 0 Å². The summed E-state index contributed by atoms with van der Waals surface area (Å²) in [5.41, 5.74) is 5.74. The largest absolute Gasteiger partial charge is 0.374 e. The first-order valence-corrected chi connectivity index (χ1v) is 5.75. The number of ether oxygens (including phenoxy) is 1. The molecule has 0 bridgehead atoms. The van der Waals surface area contributed by atoms with Gasteiger partial charge in [0.05, 0.1) is 19.3 Å². The first-order valence-electron chi connectivity index (χ1n) is 5.75. The highest BCUT2D eigenvalue weighted by Crippen LogP contribution is 2.03. The van der Waals surface area contributed by atoms with Crippen LogP contribution in [-0.4, -0.2) is 55.8 Å². The topological polar surface area (TPSA) is 62.9 Å². The van der Waals surface area contributed by atoms with Gasteiger partial charge in [0.25, 0.3) is 0 Å². The van der Waals surface area contributed by atoms with E-state index >= 15 is 0 Å². The molecule has 0 amide bonds. The summed E-state index contributed by atoms with van der Waals surface area (Å²) in [7, 11) is 2.09. The normalized spacial score (nSPS) is 23.1. The maximum atomic E-state index is 5.78. The number of guanidine groups is 1. The Balaban J connectivity index is 0.00000256. The van der Waals surface area contributed by atoms with Gasteiger partial charge < -0.3 is 20.7 Å². The summed E-state index contributed by atoms with van der Waals surface area (Å²) in [6.07, 6.45) is 0.166. The van der Waals surface area contributed by atoms with Gasteiger partial charge in [-0.1, -0.05) is 0 Å². The molecule has 17 heavy (non-hydrogen) atoms. The molecule has 1 atom stereocenters. The second-order valence-electron chi connectivity index (χ2n) is 5.36. The smallest absolute Gasteiger partial charge is 0.189 e. The van der Waals surface area contributed by atoms with Crippen molar-refractivity contribution >= 4 is 29.9 Å². The molecule has 102 valence electrons. The molecule has 0 aromatic rings. The fourth-order valence-corrected chi connectivity index (χ4v) is 1.60. The van der Waals surface area contributed by atoms with Crippen LogP contribution >= 0.6 is 24.0 Å². The maximum absolute atomic E-state index is 5.78. The van der Waals surface area contributed by atoms with Crippen LogP contribution in [0, 0.1) is 0 Å². The third-order valence-electron chi connectivity index (χ3n) is 2.31. The van der Waals surface area contributed by atoms with Crippen molar-refractivity contribution in [3.05, 3.63) is 0 Å². The van der Waals surface area contributed by atoms with Gasteiger partial charge in [-0.25, -0.2) is 0 Å². The van der Waals surface area contributed by atoms with E-state index in [1.54, 1.807) is 0 Å². The van der Waals surface area contributed by atoms with Crippen LogP contribution in [0.2, 0.25) is 0 Å². The molecular formula is C11H25IN4O. The van der Waals surface area contributed by atoms with E-state index in [9.17, 15) is 0 Å². The molecule has 1 aliphatic rings. The van der Waals surface area contributed by atoms with E-state index < -0.39 is 0 Å². The maximum Gasteiger partial charge on any atom is 0.189 e. The Hall–Kier alpha value is -0.0800. The number of hydrogen-bond acceptors (Lipinski definition) is 3. The first-order chi connectivity index (χ1) is 7.37. The molecule has 0 saturated carbocycles. The van der Waals surface area contributed by atoms with Gasteiger partial charge in [-0.3, -0.25) is 4.99 Å². The number of nitrogens with one attached hydrogen (secondary N) is 1. The Morgan fingerprint density at radius 2 is 2.18 bits per heavy atom. The average Bonchev–Trinajstić information content (AvgIpc) is 2.12. The summed E-state index contributed by atoms with van der Waals surface area (Å²) in [5.74, 6) is 0.490. The quantitative estimate of drug-likeness (QED) is 0.433. The van der Waals surface area contributed by atoms with Crippen LogP contribution in [0.25, 0.3) is 0 Å². The zero-order chi connectivity index (χ0) is 12.2. The van der Waals surface area contributed by atoms with Crippen LogP contribution in [0.15, 0.2) is 4.99 Å². The molecule has 1 aliphatic heterocycles. The van der Waals surface area contributed by atoms with Crippen LogP contribution in [0.5, 0.6) is 0 Å². The summed E-state index contributed by atoms with van der Waals surface area (Å²) in [6, 6.07) is 0. The van der Waals surface area contributed by atoms with E-state index in [1.807, 2.05) is 0 Å². The van der Waals surface area contributed by atoms with Crippen molar-refractivity contribution in [1.82, 2.24) is 10.2 Å².